The van der Waals surface area contributed by atoms with Gasteiger partial charge in [0.2, 0.25) is 5.91 Å². The minimum atomic E-state index is 0.308. The fraction of sp³-hybridized carbons (Fsp3) is 0.478. The molecule has 1 atom stereocenters. The second-order valence-electron chi connectivity index (χ2n) is 8.05. The summed E-state index contributed by atoms with van der Waals surface area (Å²) in [7, 11) is 2.17. The lowest BCUT2D eigenvalue weighted by Crippen LogP contribution is -2.46. The van der Waals surface area contributed by atoms with Crippen LogP contribution in [0.4, 0.5) is 0 Å². The van der Waals surface area contributed by atoms with Crippen LogP contribution in [0.3, 0.4) is 0 Å². The van der Waals surface area contributed by atoms with Crippen LogP contribution in [0, 0.1) is 0 Å². The van der Waals surface area contributed by atoms with Crippen LogP contribution in [0.2, 0.25) is 0 Å². The normalized spacial score (nSPS) is 20.4. The molecule has 1 aromatic carbocycles. The minimum Gasteiger partial charge on any atom is -0.335 e. The van der Waals surface area contributed by atoms with E-state index in [1.807, 2.05) is 24.5 Å². The monoisotopic (exact) mass is 363 g/mol. The maximum Gasteiger partial charge on any atom is 0.223 e. The highest BCUT2D eigenvalue weighted by molar-refractivity contribution is 5.78. The number of aromatic nitrogens is 1. The highest BCUT2D eigenvalue weighted by Crippen LogP contribution is 2.36. The van der Waals surface area contributed by atoms with E-state index in [0.29, 0.717) is 30.8 Å². The van der Waals surface area contributed by atoms with Crippen molar-refractivity contribution < 1.29 is 4.79 Å². The molecule has 0 unspecified atom stereocenters. The van der Waals surface area contributed by atoms with Crippen molar-refractivity contribution in [1.29, 1.82) is 0 Å². The maximum absolute atomic E-state index is 13.4. The number of pyridine rings is 1. The van der Waals surface area contributed by atoms with E-state index >= 15 is 0 Å². The van der Waals surface area contributed by atoms with Crippen LogP contribution in [-0.4, -0.2) is 46.9 Å². The molecule has 142 valence electrons. The quantitative estimate of drug-likeness (QED) is 0.814. The highest BCUT2D eigenvalue weighted by Gasteiger charge is 2.31. The second kappa shape index (κ2) is 8.22. The molecule has 1 aliphatic heterocycles. The van der Waals surface area contributed by atoms with Crippen molar-refractivity contribution in [3.05, 3.63) is 65.5 Å². The van der Waals surface area contributed by atoms with Crippen LogP contribution in [0.25, 0.3) is 0 Å². The first-order valence-corrected chi connectivity index (χ1v) is 10.2. The number of nitrogens with zero attached hydrogens (tertiary/aromatic N) is 3. The number of piperidine rings is 1. The van der Waals surface area contributed by atoms with Gasteiger partial charge in [0.05, 0.1) is 0 Å². The topological polar surface area (TPSA) is 36.4 Å². The van der Waals surface area contributed by atoms with Crippen molar-refractivity contribution in [2.24, 2.45) is 0 Å². The van der Waals surface area contributed by atoms with Crippen LogP contribution >= 0.6 is 0 Å². The van der Waals surface area contributed by atoms with Crippen molar-refractivity contribution >= 4 is 5.91 Å². The molecule has 1 aliphatic carbocycles. The third kappa shape index (κ3) is 4.22. The molecular formula is C23H29N3O. The molecule has 1 aromatic heterocycles. The van der Waals surface area contributed by atoms with Gasteiger partial charge in [0.15, 0.2) is 0 Å². The molecule has 0 N–H and O–H groups in total. The lowest BCUT2D eigenvalue weighted by atomic mass is 9.95. The minimum absolute atomic E-state index is 0.308. The van der Waals surface area contributed by atoms with E-state index in [0.717, 1.165) is 38.8 Å². The molecule has 1 fully saturated rings. The van der Waals surface area contributed by atoms with Gasteiger partial charge in [-0.3, -0.25) is 9.78 Å². The number of fused-ring (bicyclic) bond motifs is 1. The van der Waals surface area contributed by atoms with Gasteiger partial charge in [-0.1, -0.05) is 24.3 Å². The van der Waals surface area contributed by atoms with Crippen molar-refractivity contribution in [1.82, 2.24) is 14.8 Å². The number of hydrogen-bond acceptors (Lipinski definition) is 3. The van der Waals surface area contributed by atoms with E-state index < -0.39 is 0 Å². The van der Waals surface area contributed by atoms with Gasteiger partial charge in [-0.2, -0.15) is 0 Å². The Morgan fingerprint density at radius 1 is 1.11 bits per heavy atom. The van der Waals surface area contributed by atoms with Crippen molar-refractivity contribution in [2.75, 3.05) is 20.1 Å². The molecule has 0 spiro atoms. The number of carbonyl (C=O) groups excluding carboxylic acids is 1. The lowest BCUT2D eigenvalue weighted by Gasteiger charge is -2.38. The summed E-state index contributed by atoms with van der Waals surface area (Å²) in [6, 6.07) is 13.0. The van der Waals surface area contributed by atoms with Crippen LogP contribution in [0.15, 0.2) is 48.8 Å². The molecule has 0 radical (unpaired) electrons. The molecule has 2 aliphatic rings. The SMILES string of the molecule is CN1CCC(N(Cc2ccncc2)C(=O)C[C@H]2CCc3ccccc32)CC1. The number of likely N-dealkylation sites (tertiary alicyclic amines) is 1. The first kappa shape index (κ1) is 18.2. The fourth-order valence-electron chi connectivity index (χ4n) is 4.60. The predicted octanol–water partition coefficient (Wildman–Crippen LogP) is 3.62. The molecule has 27 heavy (non-hydrogen) atoms. The van der Waals surface area contributed by atoms with E-state index in [1.54, 1.807) is 0 Å². The average molecular weight is 364 g/mol. The number of rotatable bonds is 5. The third-order valence-corrected chi connectivity index (χ3v) is 6.23. The first-order chi connectivity index (χ1) is 13.2. The summed E-state index contributed by atoms with van der Waals surface area (Å²) < 4.78 is 0. The maximum atomic E-state index is 13.4. The van der Waals surface area contributed by atoms with Gasteiger partial charge in [-0.15, -0.1) is 0 Å². The van der Waals surface area contributed by atoms with Gasteiger partial charge < -0.3 is 9.80 Å². The van der Waals surface area contributed by atoms with Gasteiger partial charge in [-0.25, -0.2) is 0 Å². The molecule has 2 aromatic rings. The van der Waals surface area contributed by atoms with Crippen LogP contribution in [-0.2, 0) is 17.8 Å². The average Bonchev–Trinajstić information content (AvgIpc) is 3.11. The van der Waals surface area contributed by atoms with E-state index in [-0.39, 0.29) is 0 Å². The molecule has 4 nitrogen and oxygen atoms in total. The Kier molecular flexibility index (Phi) is 5.53. The molecular weight excluding hydrogens is 334 g/mol. The largest absolute Gasteiger partial charge is 0.335 e. The van der Waals surface area contributed by atoms with Gasteiger partial charge in [0.25, 0.3) is 0 Å². The molecule has 4 rings (SSSR count). The molecule has 0 saturated carbocycles. The highest BCUT2D eigenvalue weighted by atomic mass is 16.2. The van der Waals surface area contributed by atoms with Crippen LogP contribution in [0.5, 0.6) is 0 Å². The molecule has 1 amide bonds. The summed E-state index contributed by atoms with van der Waals surface area (Å²) in [5.41, 5.74) is 3.98. The van der Waals surface area contributed by atoms with E-state index in [2.05, 4.69) is 46.1 Å². The van der Waals surface area contributed by atoms with Gasteiger partial charge in [0, 0.05) is 31.4 Å². The van der Waals surface area contributed by atoms with Crippen molar-refractivity contribution in [3.63, 3.8) is 0 Å². The van der Waals surface area contributed by atoms with E-state index in [9.17, 15) is 4.79 Å². The summed E-state index contributed by atoms with van der Waals surface area (Å²) in [5, 5.41) is 0. The predicted molar refractivity (Wildman–Crippen MR) is 107 cm³/mol. The Morgan fingerprint density at radius 2 is 1.85 bits per heavy atom. The molecule has 2 heterocycles. The lowest BCUT2D eigenvalue weighted by molar-refractivity contribution is -0.135. The number of aryl methyl sites for hydroxylation is 1. The van der Waals surface area contributed by atoms with Crippen LogP contribution < -0.4 is 0 Å². The fourth-order valence-corrected chi connectivity index (χ4v) is 4.60. The molecule has 4 heteroatoms. The molecule has 1 saturated heterocycles. The van der Waals surface area contributed by atoms with Gasteiger partial charge in [-0.05, 0) is 80.6 Å². The first-order valence-electron chi connectivity index (χ1n) is 10.2. The summed E-state index contributed by atoms with van der Waals surface area (Å²) in [5.74, 6) is 0.683. The Labute approximate surface area is 162 Å². The van der Waals surface area contributed by atoms with E-state index in [4.69, 9.17) is 0 Å². The Bertz CT molecular complexity index is 768. The summed E-state index contributed by atoms with van der Waals surface area (Å²) in [4.78, 5) is 22.0. The summed E-state index contributed by atoms with van der Waals surface area (Å²) in [6.07, 6.45) is 8.60. The zero-order valence-electron chi connectivity index (χ0n) is 16.2. The van der Waals surface area contributed by atoms with Gasteiger partial charge in [0.1, 0.15) is 0 Å². The van der Waals surface area contributed by atoms with Crippen LogP contribution in [0.1, 0.15) is 48.3 Å². The molecule has 0 bridgehead atoms. The third-order valence-electron chi connectivity index (χ3n) is 6.23. The number of amides is 1. The standard InChI is InChI=1S/C23H29N3O/c1-25-14-10-21(11-15-25)26(17-18-8-12-24-13-9-18)23(27)16-20-7-6-19-4-2-3-5-22(19)20/h2-5,8-9,12-13,20-21H,6-7,10-11,14-17H2,1H3/t20-/m1/s1. The number of benzene rings is 1. The number of carbonyl (C=O) groups is 1. The second-order valence-corrected chi connectivity index (χ2v) is 8.05. The van der Waals surface area contributed by atoms with Crippen molar-refractivity contribution in [3.8, 4) is 0 Å². The zero-order chi connectivity index (χ0) is 18.6. The smallest absolute Gasteiger partial charge is 0.223 e. The zero-order valence-corrected chi connectivity index (χ0v) is 16.2. The Hall–Kier alpha value is -2.20. The van der Waals surface area contributed by atoms with Crippen molar-refractivity contribution in [2.45, 2.75) is 50.6 Å². The summed E-state index contributed by atoms with van der Waals surface area (Å²) >= 11 is 0. The van der Waals surface area contributed by atoms with Gasteiger partial charge >= 0.3 is 0 Å². The van der Waals surface area contributed by atoms with E-state index in [1.165, 1.54) is 16.7 Å². The Morgan fingerprint density at radius 3 is 2.63 bits per heavy atom. The summed E-state index contributed by atoms with van der Waals surface area (Å²) in [6.45, 7) is 2.83. The number of hydrogen-bond donors (Lipinski definition) is 0. The Balaban J connectivity index is 1.50.